The van der Waals surface area contributed by atoms with Crippen LogP contribution in [0.4, 0.5) is 0 Å². The molecule has 2 atom stereocenters. The normalized spacial score (nSPS) is 13.6. The molecule has 2 heterocycles. The highest BCUT2D eigenvalue weighted by molar-refractivity contribution is 5.87. The van der Waals surface area contributed by atoms with Crippen LogP contribution in [0.5, 0.6) is 0 Å². The predicted octanol–water partition coefficient (Wildman–Crippen LogP) is 1.16. The molecule has 2 aromatic rings. The van der Waals surface area contributed by atoms with E-state index in [4.69, 9.17) is 5.11 Å². The molecule has 124 valence electrons. The Labute approximate surface area is 134 Å². The van der Waals surface area contributed by atoms with Crippen LogP contribution < -0.4 is 5.32 Å². The Bertz CT molecular complexity index is 719. The number of amides is 1. The fraction of sp³-hybridized carbons (Fsp3) is 0.467. The van der Waals surface area contributed by atoms with Gasteiger partial charge in [0.15, 0.2) is 0 Å². The SMILES string of the molecule is Cc1cc(C)n(CC(C)NC(=O)C(C)n2cc(C(=O)O)cn2)n1. The summed E-state index contributed by atoms with van der Waals surface area (Å²) in [5.74, 6) is -1.29. The van der Waals surface area contributed by atoms with E-state index in [9.17, 15) is 9.59 Å². The van der Waals surface area contributed by atoms with E-state index in [1.54, 1.807) is 6.92 Å². The summed E-state index contributed by atoms with van der Waals surface area (Å²) < 4.78 is 3.19. The van der Waals surface area contributed by atoms with Crippen molar-refractivity contribution in [3.05, 3.63) is 35.4 Å². The van der Waals surface area contributed by atoms with Gasteiger partial charge >= 0.3 is 5.97 Å². The zero-order chi connectivity index (χ0) is 17.1. The minimum Gasteiger partial charge on any atom is -0.478 e. The van der Waals surface area contributed by atoms with Gasteiger partial charge in [-0.15, -0.1) is 0 Å². The first-order valence-corrected chi connectivity index (χ1v) is 7.36. The third-order valence-corrected chi connectivity index (χ3v) is 3.56. The summed E-state index contributed by atoms with van der Waals surface area (Å²) in [6.45, 7) is 8.02. The number of aromatic carboxylic acids is 1. The number of nitrogens with zero attached hydrogens (tertiary/aromatic N) is 4. The van der Waals surface area contributed by atoms with E-state index < -0.39 is 12.0 Å². The maximum absolute atomic E-state index is 12.3. The second-order valence-corrected chi connectivity index (χ2v) is 5.71. The molecule has 0 radical (unpaired) electrons. The monoisotopic (exact) mass is 319 g/mol. The molecule has 0 saturated carbocycles. The molecule has 2 aromatic heterocycles. The number of carbonyl (C=O) groups is 2. The Hall–Kier alpha value is -2.64. The van der Waals surface area contributed by atoms with Crippen LogP contribution >= 0.6 is 0 Å². The first-order valence-electron chi connectivity index (χ1n) is 7.36. The van der Waals surface area contributed by atoms with Crippen molar-refractivity contribution in [2.24, 2.45) is 0 Å². The quantitative estimate of drug-likeness (QED) is 0.832. The van der Waals surface area contributed by atoms with E-state index in [1.165, 1.54) is 17.1 Å². The fourth-order valence-electron chi connectivity index (χ4n) is 2.31. The Morgan fingerprint density at radius 3 is 2.57 bits per heavy atom. The largest absolute Gasteiger partial charge is 0.478 e. The lowest BCUT2D eigenvalue weighted by atomic mass is 10.2. The Kier molecular flexibility index (Phi) is 4.83. The molecule has 2 N–H and O–H groups in total. The summed E-state index contributed by atoms with van der Waals surface area (Å²) in [5.41, 5.74) is 2.03. The fourth-order valence-corrected chi connectivity index (χ4v) is 2.31. The molecule has 8 heteroatoms. The van der Waals surface area contributed by atoms with Crippen molar-refractivity contribution in [2.75, 3.05) is 0 Å². The first-order chi connectivity index (χ1) is 10.8. The van der Waals surface area contributed by atoms with Gasteiger partial charge in [-0.2, -0.15) is 10.2 Å². The topological polar surface area (TPSA) is 102 Å². The zero-order valence-electron chi connectivity index (χ0n) is 13.6. The van der Waals surface area contributed by atoms with Crippen molar-refractivity contribution in [2.45, 2.75) is 46.3 Å². The molecule has 8 nitrogen and oxygen atoms in total. The summed E-state index contributed by atoms with van der Waals surface area (Å²) in [7, 11) is 0. The lowest BCUT2D eigenvalue weighted by molar-refractivity contribution is -0.124. The van der Waals surface area contributed by atoms with Gasteiger partial charge in [-0.3, -0.25) is 14.2 Å². The van der Waals surface area contributed by atoms with Crippen LogP contribution in [0.3, 0.4) is 0 Å². The molecule has 2 rings (SSSR count). The number of aromatic nitrogens is 4. The number of carbonyl (C=O) groups excluding carboxylic acids is 1. The van der Waals surface area contributed by atoms with Crippen molar-refractivity contribution in [3.63, 3.8) is 0 Å². The molecule has 0 bridgehead atoms. The first kappa shape index (κ1) is 16.7. The molecule has 1 amide bonds. The molecule has 0 aliphatic carbocycles. The number of nitrogens with one attached hydrogen (secondary N) is 1. The number of hydrogen-bond acceptors (Lipinski definition) is 4. The zero-order valence-corrected chi connectivity index (χ0v) is 13.6. The lowest BCUT2D eigenvalue weighted by Gasteiger charge is -2.18. The van der Waals surface area contributed by atoms with Crippen molar-refractivity contribution in [1.29, 1.82) is 0 Å². The summed E-state index contributed by atoms with van der Waals surface area (Å²) in [6.07, 6.45) is 2.57. The molecule has 2 unspecified atom stereocenters. The van der Waals surface area contributed by atoms with Crippen LogP contribution in [-0.4, -0.2) is 42.6 Å². The molecule has 0 aromatic carbocycles. The number of hydrogen-bond donors (Lipinski definition) is 2. The van der Waals surface area contributed by atoms with Gasteiger partial charge in [0.1, 0.15) is 6.04 Å². The van der Waals surface area contributed by atoms with Crippen LogP contribution in [-0.2, 0) is 11.3 Å². The Balaban J connectivity index is 1.97. The van der Waals surface area contributed by atoms with Crippen LogP contribution in [0.15, 0.2) is 18.5 Å². The van der Waals surface area contributed by atoms with Gasteiger partial charge in [0.25, 0.3) is 0 Å². The Morgan fingerprint density at radius 2 is 2.04 bits per heavy atom. The average Bonchev–Trinajstić information content (AvgIpc) is 3.05. The van der Waals surface area contributed by atoms with Gasteiger partial charge in [0.05, 0.1) is 24.0 Å². The van der Waals surface area contributed by atoms with E-state index in [-0.39, 0.29) is 17.5 Å². The number of aryl methyl sites for hydroxylation is 2. The lowest BCUT2D eigenvalue weighted by Crippen LogP contribution is -2.40. The number of carboxylic acid groups (broad SMARTS) is 1. The molecule has 0 saturated heterocycles. The van der Waals surface area contributed by atoms with Crippen molar-refractivity contribution < 1.29 is 14.7 Å². The minimum atomic E-state index is -1.07. The molecule has 0 fully saturated rings. The van der Waals surface area contributed by atoms with E-state index in [0.29, 0.717) is 6.54 Å². The number of rotatable bonds is 6. The third kappa shape index (κ3) is 3.97. The van der Waals surface area contributed by atoms with Crippen LogP contribution in [0.2, 0.25) is 0 Å². The molecule has 0 spiro atoms. The van der Waals surface area contributed by atoms with Gasteiger partial charge < -0.3 is 10.4 Å². The Morgan fingerprint density at radius 1 is 1.35 bits per heavy atom. The van der Waals surface area contributed by atoms with Gasteiger partial charge in [0.2, 0.25) is 5.91 Å². The standard InChI is InChI=1S/C15H21N5O3/c1-9-5-11(3)19(18-9)7-10(2)17-14(21)12(4)20-8-13(6-16-20)15(22)23/h5-6,8,10,12H,7H2,1-4H3,(H,17,21)(H,22,23). The predicted molar refractivity (Wildman–Crippen MR) is 83.2 cm³/mol. The van der Waals surface area contributed by atoms with Gasteiger partial charge in [-0.25, -0.2) is 4.79 Å². The smallest absolute Gasteiger partial charge is 0.338 e. The molecule has 0 aliphatic rings. The highest BCUT2D eigenvalue weighted by atomic mass is 16.4. The van der Waals surface area contributed by atoms with E-state index in [1.807, 2.05) is 31.5 Å². The highest BCUT2D eigenvalue weighted by Gasteiger charge is 2.19. The second kappa shape index (κ2) is 6.64. The molecular weight excluding hydrogens is 298 g/mol. The second-order valence-electron chi connectivity index (χ2n) is 5.71. The summed E-state index contributed by atoms with van der Waals surface area (Å²) in [4.78, 5) is 23.1. The molecule has 23 heavy (non-hydrogen) atoms. The van der Waals surface area contributed by atoms with E-state index in [2.05, 4.69) is 15.5 Å². The van der Waals surface area contributed by atoms with E-state index >= 15 is 0 Å². The number of carboxylic acids is 1. The minimum absolute atomic E-state index is 0.0559. The maximum Gasteiger partial charge on any atom is 0.338 e. The van der Waals surface area contributed by atoms with Gasteiger partial charge in [-0.1, -0.05) is 0 Å². The van der Waals surface area contributed by atoms with Crippen LogP contribution in [0.25, 0.3) is 0 Å². The van der Waals surface area contributed by atoms with E-state index in [0.717, 1.165) is 11.4 Å². The third-order valence-electron chi connectivity index (χ3n) is 3.56. The highest BCUT2D eigenvalue weighted by Crippen LogP contribution is 2.08. The molecular formula is C15H21N5O3. The average molecular weight is 319 g/mol. The molecule has 0 aliphatic heterocycles. The van der Waals surface area contributed by atoms with Crippen molar-refractivity contribution in [3.8, 4) is 0 Å². The van der Waals surface area contributed by atoms with Gasteiger partial charge in [-0.05, 0) is 33.8 Å². The summed E-state index contributed by atoms with van der Waals surface area (Å²) in [6, 6.07) is 1.28. The van der Waals surface area contributed by atoms with Crippen LogP contribution in [0.1, 0.15) is 41.6 Å². The summed E-state index contributed by atoms with van der Waals surface area (Å²) >= 11 is 0. The van der Waals surface area contributed by atoms with Crippen molar-refractivity contribution in [1.82, 2.24) is 24.9 Å². The maximum atomic E-state index is 12.3. The van der Waals surface area contributed by atoms with Gasteiger partial charge in [0, 0.05) is 17.9 Å². The van der Waals surface area contributed by atoms with Crippen molar-refractivity contribution >= 4 is 11.9 Å². The van der Waals surface area contributed by atoms with Crippen LogP contribution in [0, 0.1) is 13.8 Å². The summed E-state index contributed by atoms with van der Waals surface area (Å²) in [5, 5.41) is 20.1.